The molecule has 1 aromatic carbocycles. The molecule has 0 bridgehead atoms. The topological polar surface area (TPSA) is 50.5 Å². The summed E-state index contributed by atoms with van der Waals surface area (Å²) in [5.74, 6) is 0.736. The van der Waals surface area contributed by atoms with E-state index in [2.05, 4.69) is 10.2 Å². The number of nitrogen functional groups attached to an aromatic ring is 1. The van der Waals surface area contributed by atoms with Gasteiger partial charge in [-0.3, -0.25) is 0 Å². The van der Waals surface area contributed by atoms with E-state index in [1.165, 1.54) is 38.9 Å². The molecule has 1 heterocycles. The zero-order valence-corrected chi connectivity index (χ0v) is 11.1. The Morgan fingerprint density at radius 1 is 1.33 bits per heavy atom. The van der Waals surface area contributed by atoms with Crippen LogP contribution in [0.1, 0.15) is 19.3 Å². The van der Waals surface area contributed by atoms with Gasteiger partial charge in [0.2, 0.25) is 0 Å². The van der Waals surface area contributed by atoms with Crippen molar-refractivity contribution in [2.45, 2.75) is 19.3 Å². The van der Waals surface area contributed by atoms with E-state index < -0.39 is 0 Å². The summed E-state index contributed by atoms with van der Waals surface area (Å²) in [5.41, 5.74) is 7.53. The Balaban J connectivity index is 1.72. The SMILES string of the molecule is COc1cc(NCCCN2CCCC2)ccc1N. The summed E-state index contributed by atoms with van der Waals surface area (Å²) in [7, 11) is 1.64. The molecular weight excluding hydrogens is 226 g/mol. The molecule has 2 rings (SSSR count). The van der Waals surface area contributed by atoms with Crippen LogP contribution in [0.4, 0.5) is 11.4 Å². The fourth-order valence-electron chi connectivity index (χ4n) is 2.36. The van der Waals surface area contributed by atoms with Crippen molar-refractivity contribution in [3.05, 3.63) is 18.2 Å². The highest BCUT2D eigenvalue weighted by Gasteiger charge is 2.10. The quantitative estimate of drug-likeness (QED) is 0.599. The molecule has 0 aliphatic carbocycles. The highest BCUT2D eigenvalue weighted by Crippen LogP contribution is 2.24. The summed E-state index contributed by atoms with van der Waals surface area (Å²) in [6.45, 7) is 4.73. The minimum Gasteiger partial charge on any atom is -0.495 e. The number of nitrogens with one attached hydrogen (secondary N) is 1. The van der Waals surface area contributed by atoms with Crippen molar-refractivity contribution in [2.75, 3.05) is 44.3 Å². The first kappa shape index (κ1) is 13.0. The van der Waals surface area contributed by atoms with Crippen LogP contribution in [0, 0.1) is 0 Å². The van der Waals surface area contributed by atoms with E-state index in [1.54, 1.807) is 7.11 Å². The molecule has 100 valence electrons. The molecule has 3 N–H and O–H groups in total. The summed E-state index contributed by atoms with van der Waals surface area (Å²) in [5, 5.41) is 3.41. The van der Waals surface area contributed by atoms with Crippen LogP contribution in [-0.4, -0.2) is 38.2 Å². The third-order valence-electron chi connectivity index (χ3n) is 3.41. The maximum atomic E-state index is 5.78. The largest absolute Gasteiger partial charge is 0.495 e. The van der Waals surface area contributed by atoms with Crippen LogP contribution in [0.25, 0.3) is 0 Å². The summed E-state index contributed by atoms with van der Waals surface area (Å²) < 4.78 is 5.20. The van der Waals surface area contributed by atoms with Crippen molar-refractivity contribution in [3.63, 3.8) is 0 Å². The van der Waals surface area contributed by atoms with Gasteiger partial charge in [0.1, 0.15) is 5.75 Å². The van der Waals surface area contributed by atoms with Crippen molar-refractivity contribution < 1.29 is 4.74 Å². The monoisotopic (exact) mass is 249 g/mol. The van der Waals surface area contributed by atoms with Gasteiger partial charge in [0.25, 0.3) is 0 Å². The van der Waals surface area contributed by atoms with Crippen LogP contribution in [0.3, 0.4) is 0 Å². The first-order valence-corrected chi connectivity index (χ1v) is 6.69. The molecule has 0 spiro atoms. The lowest BCUT2D eigenvalue weighted by Gasteiger charge is -2.15. The van der Waals surface area contributed by atoms with Crippen LogP contribution in [0.5, 0.6) is 5.75 Å². The van der Waals surface area contributed by atoms with Gasteiger partial charge in [0.15, 0.2) is 0 Å². The number of anilines is 2. The number of methoxy groups -OCH3 is 1. The molecular formula is C14H23N3O. The molecule has 0 atom stereocenters. The Kier molecular flexibility index (Phi) is 4.70. The van der Waals surface area contributed by atoms with Crippen molar-refractivity contribution in [3.8, 4) is 5.75 Å². The summed E-state index contributed by atoms with van der Waals surface area (Å²) in [6, 6.07) is 5.82. The molecule has 1 saturated heterocycles. The van der Waals surface area contributed by atoms with Crippen molar-refractivity contribution >= 4 is 11.4 Å². The van der Waals surface area contributed by atoms with Gasteiger partial charge >= 0.3 is 0 Å². The number of benzene rings is 1. The van der Waals surface area contributed by atoms with Crippen molar-refractivity contribution in [1.82, 2.24) is 4.90 Å². The van der Waals surface area contributed by atoms with Crippen LogP contribution >= 0.6 is 0 Å². The summed E-state index contributed by atoms with van der Waals surface area (Å²) in [4.78, 5) is 2.53. The second-order valence-electron chi connectivity index (χ2n) is 4.79. The molecule has 4 nitrogen and oxygen atoms in total. The van der Waals surface area contributed by atoms with Gasteiger partial charge in [-0.1, -0.05) is 0 Å². The molecule has 0 unspecified atom stereocenters. The smallest absolute Gasteiger partial charge is 0.143 e. The van der Waals surface area contributed by atoms with E-state index in [4.69, 9.17) is 10.5 Å². The van der Waals surface area contributed by atoms with E-state index in [0.29, 0.717) is 5.69 Å². The zero-order valence-electron chi connectivity index (χ0n) is 11.1. The van der Waals surface area contributed by atoms with Gasteiger partial charge < -0.3 is 20.7 Å². The van der Waals surface area contributed by atoms with Crippen LogP contribution in [0.15, 0.2) is 18.2 Å². The Hall–Kier alpha value is -1.42. The highest BCUT2D eigenvalue weighted by atomic mass is 16.5. The van der Waals surface area contributed by atoms with Crippen LogP contribution in [-0.2, 0) is 0 Å². The standard InChI is InChI=1S/C14H23N3O/c1-18-14-11-12(5-6-13(14)15)16-7-4-10-17-8-2-3-9-17/h5-6,11,16H,2-4,7-10,15H2,1H3. The maximum absolute atomic E-state index is 5.78. The van der Waals surface area contributed by atoms with E-state index in [0.717, 1.165) is 18.0 Å². The lowest BCUT2D eigenvalue weighted by Crippen LogP contribution is -2.22. The average molecular weight is 249 g/mol. The summed E-state index contributed by atoms with van der Waals surface area (Å²) >= 11 is 0. The minimum atomic E-state index is 0.681. The van der Waals surface area contributed by atoms with Crippen molar-refractivity contribution in [2.24, 2.45) is 0 Å². The number of hydrogen-bond acceptors (Lipinski definition) is 4. The highest BCUT2D eigenvalue weighted by molar-refractivity contribution is 5.61. The zero-order chi connectivity index (χ0) is 12.8. The lowest BCUT2D eigenvalue weighted by molar-refractivity contribution is 0.337. The Bertz CT molecular complexity index is 375. The number of likely N-dealkylation sites (tertiary alicyclic amines) is 1. The van der Waals surface area contributed by atoms with E-state index in [9.17, 15) is 0 Å². The second-order valence-corrected chi connectivity index (χ2v) is 4.79. The molecule has 1 aromatic rings. The average Bonchev–Trinajstić information content (AvgIpc) is 2.89. The normalized spacial score (nSPS) is 15.8. The molecule has 1 aliphatic rings. The van der Waals surface area contributed by atoms with E-state index >= 15 is 0 Å². The Morgan fingerprint density at radius 2 is 2.11 bits per heavy atom. The van der Waals surface area contributed by atoms with Gasteiger partial charge in [-0.25, -0.2) is 0 Å². The molecule has 0 aromatic heterocycles. The van der Waals surface area contributed by atoms with Crippen LogP contribution < -0.4 is 15.8 Å². The summed E-state index contributed by atoms with van der Waals surface area (Å²) in [6.07, 6.45) is 3.90. The molecule has 1 fully saturated rings. The van der Waals surface area contributed by atoms with E-state index in [-0.39, 0.29) is 0 Å². The van der Waals surface area contributed by atoms with Crippen LogP contribution in [0.2, 0.25) is 0 Å². The van der Waals surface area contributed by atoms with Gasteiger partial charge in [-0.15, -0.1) is 0 Å². The minimum absolute atomic E-state index is 0.681. The Labute approximate surface area is 109 Å². The van der Waals surface area contributed by atoms with Crippen molar-refractivity contribution in [1.29, 1.82) is 0 Å². The first-order valence-electron chi connectivity index (χ1n) is 6.69. The lowest BCUT2D eigenvalue weighted by atomic mass is 10.2. The maximum Gasteiger partial charge on any atom is 0.143 e. The number of hydrogen-bond donors (Lipinski definition) is 2. The number of rotatable bonds is 6. The van der Waals surface area contributed by atoms with Gasteiger partial charge in [0.05, 0.1) is 12.8 Å². The van der Waals surface area contributed by atoms with Gasteiger partial charge in [0, 0.05) is 18.3 Å². The number of nitrogens with two attached hydrogens (primary N) is 1. The number of nitrogens with zero attached hydrogens (tertiary/aromatic N) is 1. The third kappa shape index (κ3) is 3.53. The second kappa shape index (κ2) is 6.50. The predicted octanol–water partition coefficient (Wildman–Crippen LogP) is 2.18. The molecule has 4 heteroatoms. The molecule has 0 saturated carbocycles. The molecule has 1 aliphatic heterocycles. The first-order chi connectivity index (χ1) is 8.79. The number of ether oxygens (including phenoxy) is 1. The molecule has 0 radical (unpaired) electrons. The molecule has 0 amide bonds. The third-order valence-corrected chi connectivity index (χ3v) is 3.41. The fourth-order valence-corrected chi connectivity index (χ4v) is 2.36. The van der Waals surface area contributed by atoms with E-state index in [1.807, 2.05) is 18.2 Å². The molecule has 18 heavy (non-hydrogen) atoms. The Morgan fingerprint density at radius 3 is 2.83 bits per heavy atom. The van der Waals surface area contributed by atoms with Gasteiger partial charge in [-0.05, 0) is 51.0 Å². The fraction of sp³-hybridized carbons (Fsp3) is 0.571. The van der Waals surface area contributed by atoms with Gasteiger partial charge in [-0.2, -0.15) is 0 Å². The predicted molar refractivity (Wildman–Crippen MR) is 76.2 cm³/mol.